The number of carbonyl (C=O) groups excluding carboxylic acids is 1. The standard InChI is InChI=1S/C27H38O6/c1-19(2)9-7-10-20(3)11-8-12-21(4)13-14-22-25(32-17-29-5)15-23-24(16-31-27(23)28)26(22)33-18-30-6/h9,11,13,15H,7-8,10,12,14,16-18H2,1-6H3/b20-11+,21-13+. The molecule has 0 bridgehead atoms. The van der Waals surface area contributed by atoms with Gasteiger partial charge in [0.15, 0.2) is 13.6 Å². The first-order valence-corrected chi connectivity index (χ1v) is 11.4. The number of esters is 1. The van der Waals surface area contributed by atoms with Gasteiger partial charge in [0, 0.05) is 25.3 Å². The lowest BCUT2D eigenvalue weighted by Crippen LogP contribution is -2.09. The maximum Gasteiger partial charge on any atom is 0.339 e. The molecule has 0 spiro atoms. The van der Waals surface area contributed by atoms with Crippen molar-refractivity contribution in [1.29, 1.82) is 0 Å². The molecule has 1 aromatic rings. The molecule has 1 aliphatic rings. The van der Waals surface area contributed by atoms with E-state index in [0.717, 1.165) is 36.8 Å². The number of benzene rings is 1. The topological polar surface area (TPSA) is 63.2 Å². The largest absolute Gasteiger partial charge is 0.467 e. The Morgan fingerprint density at radius 2 is 1.58 bits per heavy atom. The molecule has 33 heavy (non-hydrogen) atoms. The van der Waals surface area contributed by atoms with Gasteiger partial charge in [0.2, 0.25) is 0 Å². The van der Waals surface area contributed by atoms with E-state index >= 15 is 0 Å². The lowest BCUT2D eigenvalue weighted by molar-refractivity contribution is 0.0439. The molecule has 1 heterocycles. The predicted molar refractivity (Wildman–Crippen MR) is 130 cm³/mol. The highest BCUT2D eigenvalue weighted by Gasteiger charge is 2.29. The monoisotopic (exact) mass is 458 g/mol. The number of rotatable bonds is 14. The van der Waals surface area contributed by atoms with Crippen LogP contribution >= 0.6 is 0 Å². The first-order chi connectivity index (χ1) is 15.9. The van der Waals surface area contributed by atoms with Gasteiger partial charge in [-0.3, -0.25) is 0 Å². The zero-order chi connectivity index (χ0) is 24.2. The van der Waals surface area contributed by atoms with Gasteiger partial charge in [-0.15, -0.1) is 0 Å². The van der Waals surface area contributed by atoms with Crippen molar-refractivity contribution in [2.24, 2.45) is 0 Å². The Bertz CT molecular complexity index is 890. The highest BCUT2D eigenvalue weighted by Crippen LogP contribution is 2.40. The Morgan fingerprint density at radius 3 is 2.24 bits per heavy atom. The average molecular weight is 459 g/mol. The van der Waals surface area contributed by atoms with E-state index in [1.165, 1.54) is 16.7 Å². The maximum atomic E-state index is 12.2. The maximum absolute atomic E-state index is 12.2. The van der Waals surface area contributed by atoms with Crippen LogP contribution in [0.25, 0.3) is 0 Å². The molecule has 2 rings (SSSR count). The molecular formula is C27H38O6. The van der Waals surface area contributed by atoms with Crippen molar-refractivity contribution < 1.29 is 28.5 Å². The molecule has 0 fully saturated rings. The summed E-state index contributed by atoms with van der Waals surface area (Å²) in [5, 5.41) is 0. The molecule has 0 radical (unpaired) electrons. The number of cyclic esters (lactones) is 1. The fraction of sp³-hybridized carbons (Fsp3) is 0.519. The summed E-state index contributed by atoms with van der Waals surface area (Å²) in [5.74, 6) is 0.768. The van der Waals surface area contributed by atoms with Gasteiger partial charge in [0.05, 0.1) is 5.56 Å². The van der Waals surface area contributed by atoms with Crippen LogP contribution < -0.4 is 9.47 Å². The van der Waals surface area contributed by atoms with Crippen LogP contribution in [-0.2, 0) is 27.2 Å². The molecule has 0 atom stereocenters. The van der Waals surface area contributed by atoms with Gasteiger partial charge in [-0.25, -0.2) is 4.79 Å². The summed E-state index contributed by atoms with van der Waals surface area (Å²) in [4.78, 5) is 12.2. The zero-order valence-electron chi connectivity index (χ0n) is 20.9. The Kier molecular flexibility index (Phi) is 11.2. The third-order valence-corrected chi connectivity index (χ3v) is 5.44. The quantitative estimate of drug-likeness (QED) is 0.186. The molecule has 1 aliphatic heterocycles. The first kappa shape index (κ1) is 26.7. The van der Waals surface area contributed by atoms with Gasteiger partial charge in [-0.05, 0) is 65.9 Å². The number of ether oxygens (including phenoxy) is 5. The Hall–Kier alpha value is -2.57. The van der Waals surface area contributed by atoms with Crippen molar-refractivity contribution in [3.8, 4) is 11.5 Å². The molecule has 6 nitrogen and oxygen atoms in total. The number of hydrogen-bond donors (Lipinski definition) is 0. The van der Waals surface area contributed by atoms with E-state index in [0.29, 0.717) is 23.5 Å². The normalized spacial score (nSPS) is 13.6. The van der Waals surface area contributed by atoms with E-state index in [4.69, 9.17) is 23.7 Å². The second-order valence-electron chi connectivity index (χ2n) is 8.55. The zero-order valence-corrected chi connectivity index (χ0v) is 20.9. The van der Waals surface area contributed by atoms with Gasteiger partial charge in [0.1, 0.15) is 18.1 Å². The van der Waals surface area contributed by atoms with Crippen LogP contribution in [0.15, 0.2) is 41.0 Å². The minimum Gasteiger partial charge on any atom is -0.467 e. The summed E-state index contributed by atoms with van der Waals surface area (Å²) in [5.41, 5.74) is 6.13. The summed E-state index contributed by atoms with van der Waals surface area (Å²) in [6, 6.07) is 1.72. The molecule has 0 aromatic heterocycles. The number of carbonyl (C=O) groups is 1. The second-order valence-corrected chi connectivity index (χ2v) is 8.55. The predicted octanol–water partition coefficient (Wildman–Crippen LogP) is 6.28. The fourth-order valence-corrected chi connectivity index (χ4v) is 3.61. The molecule has 1 aromatic carbocycles. The van der Waals surface area contributed by atoms with Gasteiger partial charge in [-0.2, -0.15) is 0 Å². The van der Waals surface area contributed by atoms with Crippen LogP contribution in [0.2, 0.25) is 0 Å². The number of allylic oxidation sites excluding steroid dienone is 6. The van der Waals surface area contributed by atoms with E-state index in [2.05, 4.69) is 45.9 Å². The summed E-state index contributed by atoms with van der Waals surface area (Å²) < 4.78 is 27.1. The lowest BCUT2D eigenvalue weighted by Gasteiger charge is -2.18. The molecule has 0 saturated carbocycles. The molecule has 182 valence electrons. The molecule has 0 unspecified atom stereocenters. The summed E-state index contributed by atoms with van der Waals surface area (Å²) in [6.07, 6.45) is 11.6. The van der Waals surface area contributed by atoms with Gasteiger partial charge in [-0.1, -0.05) is 34.9 Å². The van der Waals surface area contributed by atoms with E-state index in [1.54, 1.807) is 20.3 Å². The highest BCUT2D eigenvalue weighted by atomic mass is 16.7. The Morgan fingerprint density at radius 1 is 0.939 bits per heavy atom. The van der Waals surface area contributed by atoms with E-state index in [9.17, 15) is 4.79 Å². The van der Waals surface area contributed by atoms with Crippen LogP contribution in [0.4, 0.5) is 0 Å². The van der Waals surface area contributed by atoms with Crippen molar-refractivity contribution in [1.82, 2.24) is 0 Å². The summed E-state index contributed by atoms with van der Waals surface area (Å²) in [7, 11) is 3.12. The average Bonchev–Trinajstić information content (AvgIpc) is 3.14. The lowest BCUT2D eigenvalue weighted by atomic mass is 9.98. The highest BCUT2D eigenvalue weighted by molar-refractivity contribution is 5.95. The van der Waals surface area contributed by atoms with Crippen LogP contribution in [-0.4, -0.2) is 33.8 Å². The van der Waals surface area contributed by atoms with Crippen molar-refractivity contribution in [3.63, 3.8) is 0 Å². The Labute approximate surface area is 198 Å². The number of hydrogen-bond acceptors (Lipinski definition) is 6. The SMILES string of the molecule is COCOc1cc2c(c(OCOC)c1C/C=C(\C)CC/C=C(\C)CCC=C(C)C)COC2=O. The van der Waals surface area contributed by atoms with E-state index in [1.807, 2.05) is 0 Å². The fourth-order valence-electron chi connectivity index (χ4n) is 3.61. The Balaban J connectivity index is 2.16. The third kappa shape index (κ3) is 8.37. The van der Waals surface area contributed by atoms with Gasteiger partial charge >= 0.3 is 5.97 Å². The summed E-state index contributed by atoms with van der Waals surface area (Å²) >= 11 is 0. The molecule has 0 aliphatic carbocycles. The third-order valence-electron chi connectivity index (χ3n) is 5.44. The van der Waals surface area contributed by atoms with Crippen molar-refractivity contribution in [3.05, 3.63) is 57.7 Å². The minimum absolute atomic E-state index is 0.0703. The molecule has 0 N–H and O–H groups in total. The second kappa shape index (κ2) is 13.9. The van der Waals surface area contributed by atoms with E-state index < -0.39 is 0 Å². The van der Waals surface area contributed by atoms with Crippen molar-refractivity contribution in [2.75, 3.05) is 27.8 Å². The van der Waals surface area contributed by atoms with Gasteiger partial charge < -0.3 is 23.7 Å². The molecule has 6 heteroatoms. The van der Waals surface area contributed by atoms with Crippen LogP contribution in [0.3, 0.4) is 0 Å². The van der Waals surface area contributed by atoms with Crippen LogP contribution in [0.1, 0.15) is 74.9 Å². The van der Waals surface area contributed by atoms with Gasteiger partial charge in [0.25, 0.3) is 0 Å². The van der Waals surface area contributed by atoms with Crippen LogP contribution in [0.5, 0.6) is 11.5 Å². The van der Waals surface area contributed by atoms with Crippen LogP contribution in [0, 0.1) is 0 Å². The molecule has 0 saturated heterocycles. The smallest absolute Gasteiger partial charge is 0.339 e. The minimum atomic E-state index is -0.375. The van der Waals surface area contributed by atoms with E-state index in [-0.39, 0.29) is 26.2 Å². The molecule has 0 amide bonds. The number of methoxy groups -OCH3 is 2. The number of fused-ring (bicyclic) bond motifs is 1. The molecular weight excluding hydrogens is 420 g/mol. The summed E-state index contributed by atoms with van der Waals surface area (Å²) in [6.45, 7) is 8.94. The van der Waals surface area contributed by atoms with Crippen molar-refractivity contribution >= 4 is 5.97 Å². The van der Waals surface area contributed by atoms with Crippen molar-refractivity contribution in [2.45, 2.75) is 66.4 Å². The first-order valence-electron chi connectivity index (χ1n) is 11.4.